The molecule has 2 aliphatic rings. The standard InChI is InChI=1S/C14H22N2S/c1-2-8-15-11-4-3-5-12-14(11)17-13(16-12)9-10-6-7-10/h10-11,15H,2-9H2,1H3. The van der Waals surface area contributed by atoms with Gasteiger partial charge in [-0.25, -0.2) is 4.98 Å². The van der Waals surface area contributed by atoms with Crippen LogP contribution < -0.4 is 5.32 Å². The number of nitrogens with zero attached hydrogens (tertiary/aromatic N) is 1. The van der Waals surface area contributed by atoms with E-state index in [1.807, 2.05) is 11.3 Å². The molecule has 0 radical (unpaired) electrons. The van der Waals surface area contributed by atoms with Crippen LogP contribution in [0.5, 0.6) is 0 Å². The molecule has 2 aliphatic carbocycles. The Morgan fingerprint density at radius 3 is 3.00 bits per heavy atom. The first kappa shape index (κ1) is 11.7. The van der Waals surface area contributed by atoms with Crippen LogP contribution in [-0.4, -0.2) is 11.5 Å². The zero-order chi connectivity index (χ0) is 11.7. The fraction of sp³-hybridized carbons (Fsp3) is 0.786. The Balaban J connectivity index is 1.73. The van der Waals surface area contributed by atoms with Crippen LogP contribution in [0.15, 0.2) is 0 Å². The maximum atomic E-state index is 4.87. The Morgan fingerprint density at radius 2 is 2.24 bits per heavy atom. The fourth-order valence-corrected chi connectivity index (χ4v) is 3.98. The van der Waals surface area contributed by atoms with E-state index < -0.39 is 0 Å². The summed E-state index contributed by atoms with van der Waals surface area (Å²) < 4.78 is 0. The summed E-state index contributed by atoms with van der Waals surface area (Å²) >= 11 is 1.99. The van der Waals surface area contributed by atoms with Crippen LogP contribution >= 0.6 is 11.3 Å². The van der Waals surface area contributed by atoms with E-state index >= 15 is 0 Å². The van der Waals surface area contributed by atoms with Crippen molar-refractivity contribution in [2.75, 3.05) is 6.54 Å². The first-order chi connectivity index (χ1) is 8.36. The van der Waals surface area contributed by atoms with E-state index in [9.17, 15) is 0 Å². The monoisotopic (exact) mass is 250 g/mol. The second-order valence-electron chi connectivity index (χ2n) is 5.46. The van der Waals surface area contributed by atoms with E-state index in [1.165, 1.54) is 55.6 Å². The number of hydrogen-bond donors (Lipinski definition) is 1. The molecule has 2 nitrogen and oxygen atoms in total. The molecule has 1 aromatic heterocycles. The van der Waals surface area contributed by atoms with Crippen molar-refractivity contribution in [2.24, 2.45) is 5.92 Å². The Hall–Kier alpha value is -0.410. The zero-order valence-electron chi connectivity index (χ0n) is 10.7. The lowest BCUT2D eigenvalue weighted by Gasteiger charge is -2.22. The molecule has 0 spiro atoms. The molecule has 1 heterocycles. The second-order valence-corrected chi connectivity index (χ2v) is 6.58. The van der Waals surface area contributed by atoms with Gasteiger partial charge in [-0.05, 0) is 51.0 Å². The predicted octanol–water partition coefficient (Wildman–Crippen LogP) is 3.47. The first-order valence-electron chi connectivity index (χ1n) is 7.08. The SMILES string of the molecule is CCCNC1CCCc2nc(CC3CC3)sc21. The Bertz CT molecular complexity index is 382. The fourth-order valence-electron chi connectivity index (χ4n) is 2.64. The lowest BCUT2D eigenvalue weighted by Crippen LogP contribution is -2.24. The average Bonchev–Trinajstić information content (AvgIpc) is 3.04. The van der Waals surface area contributed by atoms with E-state index in [2.05, 4.69) is 12.2 Å². The second kappa shape index (κ2) is 5.07. The summed E-state index contributed by atoms with van der Waals surface area (Å²) in [7, 11) is 0. The normalized spacial score (nSPS) is 23.7. The van der Waals surface area contributed by atoms with Crippen LogP contribution in [0.4, 0.5) is 0 Å². The Kier molecular flexibility index (Phi) is 3.48. The van der Waals surface area contributed by atoms with Gasteiger partial charge in [-0.15, -0.1) is 11.3 Å². The van der Waals surface area contributed by atoms with Gasteiger partial charge in [0.2, 0.25) is 0 Å². The van der Waals surface area contributed by atoms with Crippen molar-refractivity contribution in [2.45, 2.75) is 57.9 Å². The van der Waals surface area contributed by atoms with Gasteiger partial charge in [0.05, 0.1) is 10.7 Å². The van der Waals surface area contributed by atoms with Crippen molar-refractivity contribution in [3.05, 3.63) is 15.6 Å². The van der Waals surface area contributed by atoms with Gasteiger partial charge in [0.15, 0.2) is 0 Å². The predicted molar refractivity (Wildman–Crippen MR) is 72.5 cm³/mol. The van der Waals surface area contributed by atoms with E-state index in [-0.39, 0.29) is 0 Å². The average molecular weight is 250 g/mol. The molecular weight excluding hydrogens is 228 g/mol. The molecule has 0 aliphatic heterocycles. The van der Waals surface area contributed by atoms with Crippen molar-refractivity contribution in [1.82, 2.24) is 10.3 Å². The summed E-state index contributed by atoms with van der Waals surface area (Å²) in [4.78, 5) is 6.42. The van der Waals surface area contributed by atoms with Gasteiger partial charge < -0.3 is 5.32 Å². The summed E-state index contributed by atoms with van der Waals surface area (Å²) in [6.45, 7) is 3.38. The molecule has 0 saturated heterocycles. The highest BCUT2D eigenvalue weighted by molar-refractivity contribution is 7.11. The van der Waals surface area contributed by atoms with E-state index in [0.717, 1.165) is 12.5 Å². The molecule has 3 heteroatoms. The molecule has 0 aromatic carbocycles. The lowest BCUT2D eigenvalue weighted by molar-refractivity contribution is 0.464. The maximum Gasteiger partial charge on any atom is 0.0934 e. The molecule has 1 unspecified atom stereocenters. The van der Waals surface area contributed by atoms with Crippen LogP contribution in [0.3, 0.4) is 0 Å². The van der Waals surface area contributed by atoms with Crippen molar-refractivity contribution in [3.8, 4) is 0 Å². The molecule has 17 heavy (non-hydrogen) atoms. The summed E-state index contributed by atoms with van der Waals surface area (Å²) in [6, 6.07) is 0.601. The van der Waals surface area contributed by atoms with Gasteiger partial charge in [-0.2, -0.15) is 0 Å². The van der Waals surface area contributed by atoms with Gasteiger partial charge in [0.1, 0.15) is 0 Å². The molecule has 0 bridgehead atoms. The molecule has 1 atom stereocenters. The summed E-state index contributed by atoms with van der Waals surface area (Å²) in [5.41, 5.74) is 1.41. The highest BCUT2D eigenvalue weighted by Crippen LogP contribution is 2.38. The topological polar surface area (TPSA) is 24.9 Å². The number of aromatic nitrogens is 1. The highest BCUT2D eigenvalue weighted by Gasteiger charge is 2.27. The number of nitrogens with one attached hydrogen (secondary N) is 1. The number of rotatable bonds is 5. The van der Waals surface area contributed by atoms with Crippen molar-refractivity contribution < 1.29 is 0 Å². The zero-order valence-corrected chi connectivity index (χ0v) is 11.5. The highest BCUT2D eigenvalue weighted by atomic mass is 32.1. The smallest absolute Gasteiger partial charge is 0.0934 e. The molecule has 1 fully saturated rings. The molecule has 0 amide bonds. The van der Waals surface area contributed by atoms with Crippen molar-refractivity contribution in [1.29, 1.82) is 0 Å². The third-order valence-electron chi connectivity index (χ3n) is 3.80. The summed E-state index contributed by atoms with van der Waals surface area (Å²) in [6.07, 6.45) is 9.15. The van der Waals surface area contributed by atoms with Crippen LogP contribution in [0.1, 0.15) is 60.6 Å². The van der Waals surface area contributed by atoms with E-state index in [4.69, 9.17) is 4.98 Å². The van der Waals surface area contributed by atoms with Gasteiger partial charge in [-0.1, -0.05) is 6.92 Å². The molecule has 1 saturated carbocycles. The van der Waals surface area contributed by atoms with Crippen molar-refractivity contribution in [3.63, 3.8) is 0 Å². The molecule has 1 aromatic rings. The third kappa shape index (κ3) is 2.71. The van der Waals surface area contributed by atoms with E-state index in [1.54, 1.807) is 4.88 Å². The number of aryl methyl sites for hydroxylation is 1. The Labute approximate surface area is 108 Å². The maximum absolute atomic E-state index is 4.87. The number of thiazole rings is 1. The lowest BCUT2D eigenvalue weighted by atomic mass is 9.98. The third-order valence-corrected chi connectivity index (χ3v) is 5.03. The van der Waals surface area contributed by atoms with Crippen LogP contribution in [0.2, 0.25) is 0 Å². The van der Waals surface area contributed by atoms with Crippen molar-refractivity contribution >= 4 is 11.3 Å². The van der Waals surface area contributed by atoms with Crippen LogP contribution in [0.25, 0.3) is 0 Å². The van der Waals surface area contributed by atoms with Gasteiger partial charge in [0, 0.05) is 17.3 Å². The van der Waals surface area contributed by atoms with Crippen LogP contribution in [-0.2, 0) is 12.8 Å². The quantitative estimate of drug-likeness (QED) is 0.865. The number of hydrogen-bond acceptors (Lipinski definition) is 3. The summed E-state index contributed by atoms with van der Waals surface area (Å²) in [5, 5.41) is 5.09. The molecule has 3 rings (SSSR count). The minimum Gasteiger partial charge on any atom is -0.309 e. The molecule has 94 valence electrons. The Morgan fingerprint density at radius 1 is 1.35 bits per heavy atom. The van der Waals surface area contributed by atoms with Gasteiger partial charge in [-0.3, -0.25) is 0 Å². The number of fused-ring (bicyclic) bond motifs is 1. The van der Waals surface area contributed by atoms with Crippen LogP contribution in [0, 0.1) is 5.92 Å². The minimum atomic E-state index is 0.601. The summed E-state index contributed by atoms with van der Waals surface area (Å²) in [5.74, 6) is 0.963. The molecule has 1 N–H and O–H groups in total. The van der Waals surface area contributed by atoms with Gasteiger partial charge >= 0.3 is 0 Å². The minimum absolute atomic E-state index is 0.601. The van der Waals surface area contributed by atoms with Gasteiger partial charge in [0.25, 0.3) is 0 Å². The first-order valence-corrected chi connectivity index (χ1v) is 7.90. The van der Waals surface area contributed by atoms with E-state index in [0.29, 0.717) is 6.04 Å². The largest absolute Gasteiger partial charge is 0.309 e. The molecular formula is C14H22N2S.